The molecule has 0 bridgehead atoms. The highest BCUT2D eigenvalue weighted by atomic mass is 32.2. The number of hydrogen-bond donors (Lipinski definition) is 0. The van der Waals surface area contributed by atoms with Gasteiger partial charge in [0.15, 0.2) is 5.82 Å². The lowest BCUT2D eigenvalue weighted by Crippen LogP contribution is -2.47. The molecule has 1 aliphatic heterocycles. The van der Waals surface area contributed by atoms with Gasteiger partial charge < -0.3 is 4.52 Å². The van der Waals surface area contributed by atoms with Crippen LogP contribution in [0.1, 0.15) is 32.5 Å². The van der Waals surface area contributed by atoms with Gasteiger partial charge in [-0.3, -0.25) is 4.90 Å². The Morgan fingerprint density at radius 2 is 1.80 bits per heavy atom. The van der Waals surface area contributed by atoms with Crippen LogP contribution in [0, 0.1) is 0 Å². The van der Waals surface area contributed by atoms with Gasteiger partial charge in [0.25, 0.3) is 0 Å². The van der Waals surface area contributed by atoms with Gasteiger partial charge >= 0.3 is 0 Å². The molecule has 0 radical (unpaired) electrons. The molecule has 0 amide bonds. The lowest BCUT2D eigenvalue weighted by Gasteiger charge is -2.32. The molecule has 0 N–H and O–H groups in total. The van der Waals surface area contributed by atoms with Gasteiger partial charge in [-0.05, 0) is 0 Å². The van der Waals surface area contributed by atoms with Crippen molar-refractivity contribution in [2.45, 2.75) is 32.7 Å². The van der Waals surface area contributed by atoms with Crippen LogP contribution in [0.15, 0.2) is 4.52 Å². The van der Waals surface area contributed by atoms with E-state index in [9.17, 15) is 8.42 Å². The van der Waals surface area contributed by atoms with E-state index in [4.69, 9.17) is 4.52 Å². The van der Waals surface area contributed by atoms with Crippen molar-refractivity contribution in [1.82, 2.24) is 19.3 Å². The molecule has 114 valence electrons. The number of nitrogens with zero attached hydrogens (tertiary/aromatic N) is 4. The van der Waals surface area contributed by atoms with E-state index in [0.717, 1.165) is 0 Å². The predicted molar refractivity (Wildman–Crippen MR) is 74.7 cm³/mol. The fourth-order valence-electron chi connectivity index (χ4n) is 2.03. The summed E-state index contributed by atoms with van der Waals surface area (Å²) in [4.78, 5) is 6.52. The summed E-state index contributed by atoms with van der Waals surface area (Å²) in [5.41, 5.74) is -0.128. The van der Waals surface area contributed by atoms with Gasteiger partial charge in [-0.2, -0.15) is 9.29 Å². The molecule has 1 fully saturated rings. The van der Waals surface area contributed by atoms with Crippen molar-refractivity contribution < 1.29 is 12.9 Å². The van der Waals surface area contributed by atoms with Crippen molar-refractivity contribution in [3.05, 3.63) is 11.7 Å². The topological polar surface area (TPSA) is 79.5 Å². The zero-order valence-corrected chi connectivity index (χ0v) is 13.3. The molecule has 0 aliphatic carbocycles. The summed E-state index contributed by atoms with van der Waals surface area (Å²) in [6, 6.07) is 0. The van der Waals surface area contributed by atoms with Crippen LogP contribution in [0.3, 0.4) is 0 Å². The van der Waals surface area contributed by atoms with Crippen LogP contribution < -0.4 is 0 Å². The third-order valence-electron chi connectivity index (χ3n) is 3.30. The maximum absolute atomic E-state index is 11.4. The van der Waals surface area contributed by atoms with E-state index in [1.165, 1.54) is 10.6 Å². The number of piperazine rings is 1. The Balaban J connectivity index is 1.92. The van der Waals surface area contributed by atoms with Crippen molar-refractivity contribution >= 4 is 10.0 Å². The summed E-state index contributed by atoms with van der Waals surface area (Å²) in [6.07, 6.45) is 1.25. The minimum Gasteiger partial charge on any atom is -0.338 e. The first-order valence-corrected chi connectivity index (χ1v) is 8.51. The molecule has 8 heteroatoms. The van der Waals surface area contributed by atoms with Crippen LogP contribution in [0.4, 0.5) is 0 Å². The van der Waals surface area contributed by atoms with Gasteiger partial charge in [0, 0.05) is 31.6 Å². The third kappa shape index (κ3) is 3.77. The molecule has 7 nitrogen and oxygen atoms in total. The Bertz CT molecular complexity index is 554. The molecule has 1 saturated heterocycles. The van der Waals surface area contributed by atoms with Gasteiger partial charge in [-0.1, -0.05) is 25.9 Å². The van der Waals surface area contributed by atoms with Gasteiger partial charge in [-0.15, -0.1) is 0 Å². The van der Waals surface area contributed by atoms with Crippen molar-refractivity contribution in [1.29, 1.82) is 0 Å². The fourth-order valence-corrected chi connectivity index (χ4v) is 2.86. The van der Waals surface area contributed by atoms with Crippen LogP contribution in [0.2, 0.25) is 0 Å². The Labute approximate surface area is 120 Å². The highest BCUT2D eigenvalue weighted by Crippen LogP contribution is 2.19. The van der Waals surface area contributed by atoms with E-state index in [1.54, 1.807) is 0 Å². The predicted octanol–water partition coefficient (Wildman–Crippen LogP) is 0.444. The Morgan fingerprint density at radius 3 is 2.25 bits per heavy atom. The van der Waals surface area contributed by atoms with Gasteiger partial charge in [0.05, 0.1) is 12.8 Å². The maximum atomic E-state index is 11.4. The normalized spacial score (nSPS) is 19.4. The zero-order valence-electron chi connectivity index (χ0n) is 12.5. The van der Waals surface area contributed by atoms with E-state index in [1.807, 2.05) is 20.8 Å². The van der Waals surface area contributed by atoms with Crippen molar-refractivity contribution in [3.8, 4) is 0 Å². The quantitative estimate of drug-likeness (QED) is 0.806. The Morgan fingerprint density at radius 1 is 1.20 bits per heavy atom. The largest absolute Gasteiger partial charge is 0.338 e. The third-order valence-corrected chi connectivity index (χ3v) is 4.60. The van der Waals surface area contributed by atoms with Crippen LogP contribution in [-0.4, -0.2) is 60.2 Å². The molecule has 0 atom stereocenters. The highest BCUT2D eigenvalue weighted by Gasteiger charge is 2.25. The van der Waals surface area contributed by atoms with Crippen molar-refractivity contribution in [3.63, 3.8) is 0 Å². The lowest BCUT2D eigenvalue weighted by molar-refractivity contribution is 0.163. The molecule has 0 saturated carbocycles. The minimum absolute atomic E-state index is 0.128. The van der Waals surface area contributed by atoms with Crippen molar-refractivity contribution in [2.24, 2.45) is 0 Å². The van der Waals surface area contributed by atoms with Crippen molar-refractivity contribution in [2.75, 3.05) is 32.4 Å². The lowest BCUT2D eigenvalue weighted by atomic mass is 9.96. The molecule has 1 aromatic heterocycles. The zero-order chi connectivity index (χ0) is 15.0. The number of hydrogen-bond acceptors (Lipinski definition) is 6. The number of sulfonamides is 1. The first-order chi connectivity index (χ1) is 9.16. The maximum Gasteiger partial charge on any atom is 0.240 e. The first kappa shape index (κ1) is 15.4. The second kappa shape index (κ2) is 5.42. The summed E-state index contributed by atoms with van der Waals surface area (Å²) in [6.45, 7) is 9.06. The highest BCUT2D eigenvalue weighted by molar-refractivity contribution is 7.88. The summed E-state index contributed by atoms with van der Waals surface area (Å²) in [7, 11) is -3.08. The Kier molecular flexibility index (Phi) is 4.17. The molecular weight excluding hydrogens is 280 g/mol. The number of aromatic nitrogens is 2. The molecule has 1 aromatic rings. The molecular formula is C12H22N4O3S. The second-order valence-electron chi connectivity index (χ2n) is 6.20. The molecule has 0 spiro atoms. The second-order valence-corrected chi connectivity index (χ2v) is 8.18. The summed E-state index contributed by atoms with van der Waals surface area (Å²) >= 11 is 0. The molecule has 20 heavy (non-hydrogen) atoms. The van der Waals surface area contributed by atoms with Crippen LogP contribution in [0.5, 0.6) is 0 Å². The minimum atomic E-state index is -3.08. The van der Waals surface area contributed by atoms with E-state index < -0.39 is 10.0 Å². The van der Waals surface area contributed by atoms with Gasteiger partial charge in [0.1, 0.15) is 0 Å². The average molecular weight is 302 g/mol. The van der Waals surface area contributed by atoms with E-state index >= 15 is 0 Å². The summed E-state index contributed by atoms with van der Waals surface area (Å²) < 4.78 is 29.6. The summed E-state index contributed by atoms with van der Waals surface area (Å²) in [5, 5.41) is 3.99. The smallest absolute Gasteiger partial charge is 0.240 e. The van der Waals surface area contributed by atoms with E-state index in [2.05, 4.69) is 15.0 Å². The SMILES string of the molecule is CC(C)(C)c1noc(CN2CCN(S(C)(=O)=O)CC2)n1. The van der Waals surface area contributed by atoms with Crippen LogP contribution >= 0.6 is 0 Å². The standard InChI is InChI=1S/C12H22N4O3S/c1-12(2,3)11-13-10(19-14-11)9-15-5-7-16(8-6-15)20(4,17)18/h5-9H2,1-4H3. The monoisotopic (exact) mass is 302 g/mol. The molecule has 0 unspecified atom stereocenters. The molecule has 2 heterocycles. The molecule has 2 rings (SSSR count). The van der Waals surface area contributed by atoms with Crippen LogP contribution in [0.25, 0.3) is 0 Å². The fraction of sp³-hybridized carbons (Fsp3) is 0.833. The van der Waals surface area contributed by atoms with E-state index in [-0.39, 0.29) is 5.41 Å². The van der Waals surface area contributed by atoms with E-state index in [0.29, 0.717) is 44.4 Å². The van der Waals surface area contributed by atoms with Crippen LogP contribution in [-0.2, 0) is 22.0 Å². The first-order valence-electron chi connectivity index (χ1n) is 6.67. The number of rotatable bonds is 3. The molecule has 1 aliphatic rings. The Hall–Kier alpha value is -0.990. The average Bonchev–Trinajstić information content (AvgIpc) is 2.77. The molecule has 0 aromatic carbocycles. The summed E-state index contributed by atoms with van der Waals surface area (Å²) in [5.74, 6) is 1.28. The van der Waals surface area contributed by atoms with Gasteiger partial charge in [-0.25, -0.2) is 8.42 Å². The van der Waals surface area contributed by atoms with Gasteiger partial charge in [0.2, 0.25) is 15.9 Å².